The maximum Gasteiger partial charge on any atom is 0.126 e. The van der Waals surface area contributed by atoms with E-state index in [-0.39, 0.29) is 23.3 Å². The molecule has 1 aliphatic carbocycles. The van der Waals surface area contributed by atoms with E-state index in [0.29, 0.717) is 5.92 Å². The molecule has 0 amide bonds. The molecule has 2 heteroatoms. The molecule has 0 spiro atoms. The standard InChI is InChI=1S/C16H23FO/c1-11-8-9-13(15(18)10-11)16(2,3)12-6-4-5-7-14(12)17/h4-7,11,13,15,18H,8-10H2,1-3H3. The number of hydrogen-bond acceptors (Lipinski definition) is 1. The predicted octanol–water partition coefficient (Wildman–Crippen LogP) is 3.90. The van der Waals surface area contributed by atoms with Gasteiger partial charge in [-0.3, -0.25) is 0 Å². The zero-order chi connectivity index (χ0) is 13.3. The zero-order valence-electron chi connectivity index (χ0n) is 11.5. The third kappa shape index (κ3) is 2.44. The molecule has 2 rings (SSSR count). The molecule has 1 aromatic carbocycles. The Bertz CT molecular complexity index is 413. The molecule has 1 saturated carbocycles. The van der Waals surface area contributed by atoms with Crippen molar-refractivity contribution in [2.45, 2.75) is 51.6 Å². The van der Waals surface area contributed by atoms with Gasteiger partial charge in [0, 0.05) is 0 Å². The lowest BCUT2D eigenvalue weighted by Gasteiger charge is -2.42. The lowest BCUT2D eigenvalue weighted by molar-refractivity contribution is 0.0135. The van der Waals surface area contributed by atoms with Crippen LogP contribution in [-0.4, -0.2) is 11.2 Å². The molecule has 0 radical (unpaired) electrons. The van der Waals surface area contributed by atoms with Crippen LogP contribution in [-0.2, 0) is 5.41 Å². The summed E-state index contributed by atoms with van der Waals surface area (Å²) in [4.78, 5) is 0. The van der Waals surface area contributed by atoms with Gasteiger partial charge in [0.05, 0.1) is 6.10 Å². The topological polar surface area (TPSA) is 20.2 Å². The van der Waals surface area contributed by atoms with Gasteiger partial charge in [0.2, 0.25) is 0 Å². The first kappa shape index (κ1) is 13.5. The Kier molecular flexibility index (Phi) is 3.76. The van der Waals surface area contributed by atoms with Crippen molar-refractivity contribution in [2.24, 2.45) is 11.8 Å². The number of rotatable bonds is 2. The Hall–Kier alpha value is -0.890. The summed E-state index contributed by atoms with van der Waals surface area (Å²) < 4.78 is 14.0. The molecule has 1 aromatic rings. The van der Waals surface area contributed by atoms with Gasteiger partial charge in [0.1, 0.15) is 5.82 Å². The summed E-state index contributed by atoms with van der Waals surface area (Å²) in [6.45, 7) is 6.28. The van der Waals surface area contributed by atoms with Gasteiger partial charge in [-0.25, -0.2) is 4.39 Å². The van der Waals surface area contributed by atoms with Crippen molar-refractivity contribution in [3.63, 3.8) is 0 Å². The molecule has 1 N–H and O–H groups in total. The van der Waals surface area contributed by atoms with E-state index in [1.165, 1.54) is 6.07 Å². The molecule has 1 aliphatic rings. The fraction of sp³-hybridized carbons (Fsp3) is 0.625. The highest BCUT2D eigenvalue weighted by Gasteiger charge is 2.40. The average Bonchev–Trinajstić information content (AvgIpc) is 2.28. The molecular weight excluding hydrogens is 227 g/mol. The first-order chi connectivity index (χ1) is 8.43. The highest BCUT2D eigenvalue weighted by atomic mass is 19.1. The minimum atomic E-state index is -0.316. The fourth-order valence-electron chi connectivity index (χ4n) is 3.38. The van der Waals surface area contributed by atoms with Crippen LogP contribution in [0.3, 0.4) is 0 Å². The summed E-state index contributed by atoms with van der Waals surface area (Å²) >= 11 is 0. The fourth-order valence-corrected chi connectivity index (χ4v) is 3.38. The minimum Gasteiger partial charge on any atom is -0.393 e. The normalized spacial score (nSPS) is 29.3. The van der Waals surface area contributed by atoms with E-state index < -0.39 is 0 Å². The molecular formula is C16H23FO. The van der Waals surface area contributed by atoms with Crippen LogP contribution in [0.2, 0.25) is 0 Å². The second kappa shape index (κ2) is 5.00. The van der Waals surface area contributed by atoms with E-state index in [2.05, 4.69) is 20.8 Å². The number of benzene rings is 1. The van der Waals surface area contributed by atoms with Gasteiger partial charge in [-0.05, 0) is 41.7 Å². The quantitative estimate of drug-likeness (QED) is 0.844. The third-order valence-electron chi connectivity index (χ3n) is 4.57. The van der Waals surface area contributed by atoms with Gasteiger partial charge in [-0.1, -0.05) is 45.4 Å². The van der Waals surface area contributed by atoms with Crippen molar-refractivity contribution in [1.82, 2.24) is 0 Å². The molecule has 0 aromatic heterocycles. The molecule has 1 nitrogen and oxygen atoms in total. The summed E-state index contributed by atoms with van der Waals surface area (Å²) in [5.74, 6) is 0.562. The molecule has 3 atom stereocenters. The Morgan fingerprint density at radius 2 is 1.89 bits per heavy atom. The van der Waals surface area contributed by atoms with Crippen LogP contribution in [0.5, 0.6) is 0 Å². The van der Waals surface area contributed by atoms with Gasteiger partial charge in [0.25, 0.3) is 0 Å². The van der Waals surface area contributed by atoms with Crippen LogP contribution in [0.15, 0.2) is 24.3 Å². The van der Waals surface area contributed by atoms with Crippen LogP contribution in [0.1, 0.15) is 45.6 Å². The molecule has 0 saturated heterocycles. The van der Waals surface area contributed by atoms with Gasteiger partial charge in [0.15, 0.2) is 0 Å². The van der Waals surface area contributed by atoms with E-state index in [1.54, 1.807) is 6.07 Å². The third-order valence-corrected chi connectivity index (χ3v) is 4.57. The van der Waals surface area contributed by atoms with Crippen molar-refractivity contribution < 1.29 is 9.50 Å². The van der Waals surface area contributed by atoms with Gasteiger partial charge >= 0.3 is 0 Å². The van der Waals surface area contributed by atoms with E-state index in [4.69, 9.17) is 0 Å². The van der Waals surface area contributed by atoms with Crippen LogP contribution in [0.4, 0.5) is 4.39 Å². The second-order valence-corrected chi connectivity index (χ2v) is 6.29. The Balaban J connectivity index is 2.28. The zero-order valence-corrected chi connectivity index (χ0v) is 11.5. The van der Waals surface area contributed by atoms with E-state index in [1.807, 2.05) is 12.1 Å². The number of halogens is 1. The molecule has 3 unspecified atom stereocenters. The lowest BCUT2D eigenvalue weighted by atomic mass is 9.64. The minimum absolute atomic E-state index is 0.144. The SMILES string of the molecule is CC1CCC(C(C)(C)c2ccccc2F)C(O)C1. The Morgan fingerprint density at radius 1 is 1.22 bits per heavy atom. The smallest absolute Gasteiger partial charge is 0.126 e. The van der Waals surface area contributed by atoms with Crippen molar-refractivity contribution in [1.29, 1.82) is 0 Å². The van der Waals surface area contributed by atoms with E-state index >= 15 is 0 Å². The number of hydrogen-bond donors (Lipinski definition) is 1. The largest absolute Gasteiger partial charge is 0.393 e. The molecule has 0 heterocycles. The summed E-state index contributed by atoms with van der Waals surface area (Å²) in [5, 5.41) is 10.3. The molecule has 100 valence electrons. The highest BCUT2D eigenvalue weighted by molar-refractivity contribution is 5.27. The summed E-state index contributed by atoms with van der Waals surface area (Å²) in [7, 11) is 0. The first-order valence-corrected chi connectivity index (χ1v) is 6.86. The lowest BCUT2D eigenvalue weighted by Crippen LogP contribution is -2.41. The molecule has 0 bridgehead atoms. The van der Waals surface area contributed by atoms with Crippen LogP contribution < -0.4 is 0 Å². The maximum atomic E-state index is 14.0. The van der Waals surface area contributed by atoms with Crippen molar-refractivity contribution in [3.8, 4) is 0 Å². The van der Waals surface area contributed by atoms with Crippen LogP contribution in [0, 0.1) is 17.7 Å². The molecule has 1 fully saturated rings. The van der Waals surface area contributed by atoms with Gasteiger partial charge < -0.3 is 5.11 Å². The van der Waals surface area contributed by atoms with Gasteiger partial charge in [-0.2, -0.15) is 0 Å². The molecule has 0 aliphatic heterocycles. The van der Waals surface area contributed by atoms with Crippen LogP contribution in [0.25, 0.3) is 0 Å². The Morgan fingerprint density at radius 3 is 2.50 bits per heavy atom. The van der Waals surface area contributed by atoms with Crippen molar-refractivity contribution >= 4 is 0 Å². The Labute approximate surface area is 109 Å². The van der Waals surface area contributed by atoms with Crippen LogP contribution >= 0.6 is 0 Å². The van der Waals surface area contributed by atoms with Crippen molar-refractivity contribution in [2.75, 3.05) is 0 Å². The van der Waals surface area contributed by atoms with Crippen molar-refractivity contribution in [3.05, 3.63) is 35.6 Å². The monoisotopic (exact) mass is 250 g/mol. The molecule has 18 heavy (non-hydrogen) atoms. The highest BCUT2D eigenvalue weighted by Crippen LogP contribution is 2.42. The summed E-state index contributed by atoms with van der Waals surface area (Å²) in [6.07, 6.45) is 2.62. The van der Waals surface area contributed by atoms with E-state index in [0.717, 1.165) is 24.8 Å². The number of aliphatic hydroxyl groups excluding tert-OH is 1. The summed E-state index contributed by atoms with van der Waals surface area (Å²) in [5.41, 5.74) is 0.411. The summed E-state index contributed by atoms with van der Waals surface area (Å²) in [6, 6.07) is 6.95. The first-order valence-electron chi connectivity index (χ1n) is 6.86. The predicted molar refractivity (Wildman–Crippen MR) is 71.9 cm³/mol. The average molecular weight is 250 g/mol. The van der Waals surface area contributed by atoms with E-state index in [9.17, 15) is 9.50 Å². The maximum absolute atomic E-state index is 14.0. The number of aliphatic hydroxyl groups is 1. The van der Waals surface area contributed by atoms with Gasteiger partial charge in [-0.15, -0.1) is 0 Å². The second-order valence-electron chi connectivity index (χ2n) is 6.29.